The van der Waals surface area contributed by atoms with Gasteiger partial charge >= 0.3 is 0 Å². The minimum atomic E-state index is -0.533. The zero-order valence-electron chi connectivity index (χ0n) is 18.7. The van der Waals surface area contributed by atoms with E-state index < -0.39 is 11.8 Å². The molecule has 0 aliphatic carbocycles. The molecule has 35 heavy (non-hydrogen) atoms. The van der Waals surface area contributed by atoms with Crippen molar-refractivity contribution >= 4 is 46.5 Å². The Morgan fingerprint density at radius 2 is 1.63 bits per heavy atom. The van der Waals surface area contributed by atoms with Crippen LogP contribution in [-0.4, -0.2) is 18.9 Å². The number of nitrogens with one attached hydrogen (secondary N) is 2. The highest BCUT2D eigenvalue weighted by Crippen LogP contribution is 2.36. The number of anilines is 1. The number of hydrogen-bond donors (Lipinski definition) is 2. The molecule has 2 N–H and O–H groups in total. The summed E-state index contributed by atoms with van der Waals surface area (Å²) < 4.78 is 11.4. The van der Waals surface area contributed by atoms with Crippen molar-refractivity contribution in [2.45, 2.75) is 0 Å². The van der Waals surface area contributed by atoms with Crippen molar-refractivity contribution in [3.8, 4) is 17.2 Å². The minimum Gasteiger partial charge on any atom is -0.493 e. The van der Waals surface area contributed by atoms with E-state index in [0.717, 1.165) is 4.88 Å². The van der Waals surface area contributed by atoms with E-state index in [1.807, 2.05) is 35.7 Å². The molecule has 0 bridgehead atoms. The van der Waals surface area contributed by atoms with Gasteiger partial charge in [-0.25, -0.2) is 0 Å². The second-order valence-electron chi connectivity index (χ2n) is 7.24. The number of para-hydroxylation sites is 2. The molecule has 6 nitrogen and oxygen atoms in total. The molecule has 0 spiro atoms. The average Bonchev–Trinajstić information content (AvgIpc) is 3.39. The molecule has 0 aliphatic rings. The maximum Gasteiger partial charge on any atom is 0.272 e. The largest absolute Gasteiger partial charge is 0.493 e. The predicted molar refractivity (Wildman–Crippen MR) is 139 cm³/mol. The Morgan fingerprint density at radius 1 is 0.886 bits per heavy atom. The van der Waals surface area contributed by atoms with Crippen molar-refractivity contribution in [1.29, 1.82) is 0 Å². The van der Waals surface area contributed by atoms with Crippen LogP contribution in [0.5, 0.6) is 17.2 Å². The first-order chi connectivity index (χ1) is 17.0. The third-order valence-corrected chi connectivity index (χ3v) is 5.89. The van der Waals surface area contributed by atoms with Crippen molar-refractivity contribution in [2.24, 2.45) is 0 Å². The number of amides is 2. The summed E-state index contributed by atoms with van der Waals surface area (Å²) in [5, 5.41) is 7.82. The molecular formula is C27H21ClN2O4S. The maximum atomic E-state index is 13.3. The molecule has 0 unspecified atom stereocenters. The molecule has 176 valence electrons. The Balaban J connectivity index is 1.62. The van der Waals surface area contributed by atoms with Crippen LogP contribution < -0.4 is 20.1 Å². The highest BCUT2D eigenvalue weighted by Gasteiger charge is 2.18. The van der Waals surface area contributed by atoms with Gasteiger partial charge in [0.05, 0.1) is 12.8 Å². The summed E-state index contributed by atoms with van der Waals surface area (Å²) in [6, 6.07) is 24.4. The van der Waals surface area contributed by atoms with E-state index in [9.17, 15) is 9.59 Å². The fraction of sp³-hybridized carbons (Fsp3) is 0.0370. The van der Waals surface area contributed by atoms with Gasteiger partial charge in [-0.3, -0.25) is 9.59 Å². The average molecular weight is 505 g/mol. The SMILES string of the molecule is COc1ccccc1Oc1ccc(Cl)cc1NC(=O)/C(=C/c1cccs1)NC(=O)c1ccccc1. The topological polar surface area (TPSA) is 76.7 Å². The van der Waals surface area contributed by atoms with Crippen molar-refractivity contribution in [1.82, 2.24) is 5.32 Å². The van der Waals surface area contributed by atoms with Crippen molar-refractivity contribution in [2.75, 3.05) is 12.4 Å². The summed E-state index contributed by atoms with van der Waals surface area (Å²) in [7, 11) is 1.55. The van der Waals surface area contributed by atoms with Crippen molar-refractivity contribution in [3.63, 3.8) is 0 Å². The van der Waals surface area contributed by atoms with E-state index in [4.69, 9.17) is 21.1 Å². The van der Waals surface area contributed by atoms with Crippen LogP contribution in [0.15, 0.2) is 96.0 Å². The van der Waals surface area contributed by atoms with Gasteiger partial charge < -0.3 is 20.1 Å². The summed E-state index contributed by atoms with van der Waals surface area (Å²) in [6.07, 6.45) is 1.62. The number of carbonyl (C=O) groups is 2. The maximum absolute atomic E-state index is 13.3. The van der Waals surface area contributed by atoms with E-state index in [1.54, 1.807) is 67.8 Å². The van der Waals surface area contributed by atoms with E-state index in [0.29, 0.717) is 33.5 Å². The Labute approximate surface area is 211 Å². The monoisotopic (exact) mass is 504 g/mol. The number of methoxy groups -OCH3 is 1. The Kier molecular flexibility index (Phi) is 7.82. The second-order valence-corrected chi connectivity index (χ2v) is 8.66. The normalized spacial score (nSPS) is 11.0. The van der Waals surface area contributed by atoms with E-state index in [1.165, 1.54) is 11.3 Å². The zero-order chi connectivity index (χ0) is 24.6. The molecule has 0 aliphatic heterocycles. The third-order valence-electron chi connectivity index (χ3n) is 4.84. The molecular weight excluding hydrogens is 484 g/mol. The quantitative estimate of drug-likeness (QED) is 0.265. The van der Waals surface area contributed by atoms with Crippen LogP contribution in [0.4, 0.5) is 5.69 Å². The second kappa shape index (κ2) is 11.4. The van der Waals surface area contributed by atoms with Gasteiger partial charge in [0.1, 0.15) is 5.70 Å². The van der Waals surface area contributed by atoms with E-state index in [-0.39, 0.29) is 5.70 Å². The van der Waals surface area contributed by atoms with Crippen LogP contribution in [0, 0.1) is 0 Å². The Bertz CT molecular complexity index is 1350. The van der Waals surface area contributed by atoms with Crippen LogP contribution in [-0.2, 0) is 4.79 Å². The van der Waals surface area contributed by atoms with Crippen molar-refractivity contribution in [3.05, 3.63) is 111 Å². The lowest BCUT2D eigenvalue weighted by Crippen LogP contribution is -2.30. The van der Waals surface area contributed by atoms with Gasteiger partial charge in [-0.15, -0.1) is 11.3 Å². The fourth-order valence-corrected chi connectivity index (χ4v) is 3.99. The molecule has 0 radical (unpaired) electrons. The lowest BCUT2D eigenvalue weighted by molar-refractivity contribution is -0.113. The molecule has 0 fully saturated rings. The van der Waals surface area contributed by atoms with Gasteiger partial charge in [-0.05, 0) is 60.0 Å². The lowest BCUT2D eigenvalue weighted by Gasteiger charge is -2.16. The van der Waals surface area contributed by atoms with Crippen LogP contribution in [0.1, 0.15) is 15.2 Å². The lowest BCUT2D eigenvalue weighted by atomic mass is 10.2. The number of ether oxygens (including phenoxy) is 2. The van der Waals surface area contributed by atoms with Gasteiger partial charge in [0.2, 0.25) is 0 Å². The molecule has 0 saturated heterocycles. The van der Waals surface area contributed by atoms with Crippen LogP contribution in [0.2, 0.25) is 5.02 Å². The number of hydrogen-bond acceptors (Lipinski definition) is 5. The smallest absolute Gasteiger partial charge is 0.272 e. The third kappa shape index (κ3) is 6.29. The predicted octanol–water partition coefficient (Wildman–Crippen LogP) is 6.61. The van der Waals surface area contributed by atoms with Gasteiger partial charge in [0.25, 0.3) is 11.8 Å². The van der Waals surface area contributed by atoms with Crippen LogP contribution >= 0.6 is 22.9 Å². The first kappa shape index (κ1) is 24.1. The summed E-state index contributed by atoms with van der Waals surface area (Å²) in [4.78, 5) is 26.9. The van der Waals surface area contributed by atoms with Crippen LogP contribution in [0.25, 0.3) is 6.08 Å². The standard InChI is InChI=1S/C27H21ClN2O4S/c1-33-24-11-5-6-12-25(24)34-23-14-13-19(28)16-21(23)29-27(32)22(17-20-10-7-15-35-20)30-26(31)18-8-3-2-4-9-18/h2-17H,1H3,(H,29,32)(H,30,31)/b22-17-. The number of benzene rings is 3. The first-order valence-electron chi connectivity index (χ1n) is 10.6. The van der Waals surface area contributed by atoms with Gasteiger partial charge in [-0.1, -0.05) is 48.0 Å². The Hall–Kier alpha value is -4.07. The molecule has 1 heterocycles. The van der Waals surface area contributed by atoms with E-state index in [2.05, 4.69) is 10.6 Å². The summed E-state index contributed by atoms with van der Waals surface area (Å²) >= 11 is 7.65. The molecule has 2 amide bonds. The van der Waals surface area contributed by atoms with Crippen LogP contribution in [0.3, 0.4) is 0 Å². The summed E-state index contributed by atoms with van der Waals surface area (Å²) in [5.41, 5.74) is 0.837. The summed E-state index contributed by atoms with van der Waals surface area (Å²) in [5.74, 6) is 0.430. The van der Waals surface area contributed by atoms with Gasteiger partial charge in [-0.2, -0.15) is 0 Å². The molecule has 0 saturated carbocycles. The first-order valence-corrected chi connectivity index (χ1v) is 11.8. The molecule has 3 aromatic carbocycles. The molecule has 4 aromatic rings. The highest BCUT2D eigenvalue weighted by molar-refractivity contribution is 7.10. The van der Waals surface area contributed by atoms with E-state index >= 15 is 0 Å². The zero-order valence-corrected chi connectivity index (χ0v) is 20.2. The molecule has 8 heteroatoms. The number of carbonyl (C=O) groups excluding carboxylic acids is 2. The number of halogens is 1. The number of rotatable bonds is 8. The van der Waals surface area contributed by atoms with Gasteiger partial charge in [0, 0.05) is 15.5 Å². The van der Waals surface area contributed by atoms with Gasteiger partial charge in [0.15, 0.2) is 17.2 Å². The minimum absolute atomic E-state index is 0.0736. The molecule has 1 aromatic heterocycles. The highest BCUT2D eigenvalue weighted by atomic mass is 35.5. The Morgan fingerprint density at radius 3 is 2.34 bits per heavy atom. The molecule has 4 rings (SSSR count). The fourth-order valence-electron chi connectivity index (χ4n) is 3.16. The van der Waals surface area contributed by atoms with Crippen molar-refractivity contribution < 1.29 is 19.1 Å². The molecule has 0 atom stereocenters. The number of thiophene rings is 1. The summed E-state index contributed by atoms with van der Waals surface area (Å²) in [6.45, 7) is 0.